The molecule has 3 nitrogen and oxygen atoms in total. The first-order valence-electron chi connectivity index (χ1n) is 5.85. The molecule has 0 aliphatic carbocycles. The van der Waals surface area contributed by atoms with Crippen LogP contribution in [0.5, 0.6) is 0 Å². The summed E-state index contributed by atoms with van der Waals surface area (Å²) < 4.78 is 1.17. The molecule has 0 saturated carbocycles. The Morgan fingerprint density at radius 3 is 2.82 bits per heavy atom. The van der Waals surface area contributed by atoms with Crippen molar-refractivity contribution >= 4 is 26.7 Å². The van der Waals surface area contributed by atoms with Gasteiger partial charge in [-0.1, -0.05) is 31.3 Å². The highest BCUT2D eigenvalue weighted by atomic mass is 32.1. The number of nitrogen functional groups attached to an aromatic ring is 1. The van der Waals surface area contributed by atoms with Crippen LogP contribution in [0.4, 0.5) is 5.13 Å². The Hall–Kier alpha value is -1.13. The summed E-state index contributed by atoms with van der Waals surface area (Å²) in [4.78, 5) is 4.26. The van der Waals surface area contributed by atoms with E-state index in [0.717, 1.165) is 24.9 Å². The van der Waals surface area contributed by atoms with Gasteiger partial charge in [-0.05, 0) is 42.5 Å². The molecule has 0 bridgehead atoms. The van der Waals surface area contributed by atoms with Gasteiger partial charge in [0.2, 0.25) is 0 Å². The van der Waals surface area contributed by atoms with Crippen molar-refractivity contribution in [2.75, 3.05) is 12.3 Å². The fraction of sp³-hybridized carbons (Fsp3) is 0.462. The van der Waals surface area contributed by atoms with Crippen LogP contribution in [-0.2, 0) is 6.42 Å². The van der Waals surface area contributed by atoms with E-state index < -0.39 is 0 Å². The van der Waals surface area contributed by atoms with Crippen LogP contribution in [0.3, 0.4) is 0 Å². The van der Waals surface area contributed by atoms with Crippen molar-refractivity contribution < 1.29 is 0 Å². The van der Waals surface area contributed by atoms with Crippen molar-refractivity contribution in [3.63, 3.8) is 0 Å². The molecule has 1 heterocycles. The average molecular weight is 249 g/mol. The number of fused-ring (bicyclic) bond motifs is 1. The van der Waals surface area contributed by atoms with Crippen molar-refractivity contribution in [3.05, 3.63) is 23.8 Å². The first-order chi connectivity index (χ1) is 8.00. The van der Waals surface area contributed by atoms with Crippen LogP contribution in [-0.4, -0.2) is 11.5 Å². The number of nitrogens with zero attached hydrogens (tertiary/aromatic N) is 1. The number of hydrogen-bond donors (Lipinski definition) is 2. The monoisotopic (exact) mass is 249 g/mol. The molecule has 0 unspecified atom stereocenters. The summed E-state index contributed by atoms with van der Waals surface area (Å²) in [6.45, 7) is 5.13. The van der Waals surface area contributed by atoms with E-state index in [1.165, 1.54) is 10.3 Å². The second-order valence-electron chi connectivity index (χ2n) is 5.22. The summed E-state index contributed by atoms with van der Waals surface area (Å²) in [5.41, 5.74) is 14.0. The van der Waals surface area contributed by atoms with Crippen molar-refractivity contribution in [2.45, 2.75) is 26.7 Å². The molecule has 0 aliphatic heterocycles. The Balaban J connectivity index is 2.14. The quantitative estimate of drug-likeness (QED) is 0.875. The van der Waals surface area contributed by atoms with Crippen molar-refractivity contribution in [3.8, 4) is 0 Å². The maximum atomic E-state index is 5.74. The Kier molecular flexibility index (Phi) is 3.35. The normalized spacial score (nSPS) is 12.2. The predicted octanol–water partition coefficient (Wildman–Crippen LogP) is 2.80. The first kappa shape index (κ1) is 12.3. The lowest BCUT2D eigenvalue weighted by molar-refractivity contribution is 0.348. The highest BCUT2D eigenvalue weighted by molar-refractivity contribution is 7.22. The molecule has 1 aromatic carbocycles. The molecule has 92 valence electrons. The lowest BCUT2D eigenvalue weighted by Crippen LogP contribution is -2.23. The van der Waals surface area contributed by atoms with Gasteiger partial charge < -0.3 is 11.5 Å². The molecule has 17 heavy (non-hydrogen) atoms. The highest BCUT2D eigenvalue weighted by Gasteiger charge is 2.15. The summed E-state index contributed by atoms with van der Waals surface area (Å²) in [6, 6.07) is 6.37. The SMILES string of the molecule is CC(C)(CN)CCc1ccc2nc(N)sc2c1. The molecule has 0 amide bonds. The second kappa shape index (κ2) is 4.63. The number of nitrogens with two attached hydrogens (primary N) is 2. The standard InChI is InChI=1S/C13H19N3S/c1-13(2,8-14)6-5-9-3-4-10-11(7-9)17-12(15)16-10/h3-4,7H,5-6,8,14H2,1-2H3,(H2,15,16). The van der Waals surface area contributed by atoms with Gasteiger partial charge in [0, 0.05) is 0 Å². The van der Waals surface area contributed by atoms with Gasteiger partial charge in [0.25, 0.3) is 0 Å². The van der Waals surface area contributed by atoms with E-state index in [1.54, 1.807) is 11.3 Å². The number of anilines is 1. The lowest BCUT2D eigenvalue weighted by Gasteiger charge is -2.21. The third-order valence-electron chi connectivity index (χ3n) is 3.11. The maximum Gasteiger partial charge on any atom is 0.181 e. The first-order valence-corrected chi connectivity index (χ1v) is 6.67. The van der Waals surface area contributed by atoms with Crippen LogP contribution < -0.4 is 11.5 Å². The Bertz CT molecular complexity index is 516. The van der Waals surface area contributed by atoms with Gasteiger partial charge in [-0.2, -0.15) is 0 Å². The van der Waals surface area contributed by atoms with E-state index in [9.17, 15) is 0 Å². The molecule has 2 rings (SSSR count). The van der Waals surface area contributed by atoms with Gasteiger partial charge in [-0.15, -0.1) is 0 Å². The van der Waals surface area contributed by atoms with Crippen molar-refractivity contribution in [1.82, 2.24) is 4.98 Å². The fourth-order valence-corrected chi connectivity index (χ4v) is 2.53. The van der Waals surface area contributed by atoms with Gasteiger partial charge in [0.15, 0.2) is 5.13 Å². The number of hydrogen-bond acceptors (Lipinski definition) is 4. The molecule has 2 aromatic rings. The number of aryl methyl sites for hydroxylation is 1. The fourth-order valence-electron chi connectivity index (χ4n) is 1.73. The van der Waals surface area contributed by atoms with Gasteiger partial charge in [-0.25, -0.2) is 4.98 Å². The van der Waals surface area contributed by atoms with Gasteiger partial charge in [0.1, 0.15) is 0 Å². The summed E-state index contributed by atoms with van der Waals surface area (Å²) in [7, 11) is 0. The third kappa shape index (κ3) is 2.96. The van der Waals surface area contributed by atoms with Crippen molar-refractivity contribution in [1.29, 1.82) is 0 Å². The molecule has 0 fully saturated rings. The van der Waals surface area contributed by atoms with E-state index in [4.69, 9.17) is 11.5 Å². The number of benzene rings is 1. The van der Waals surface area contributed by atoms with Gasteiger partial charge in [-0.3, -0.25) is 0 Å². The average Bonchev–Trinajstić information content (AvgIpc) is 2.66. The zero-order chi connectivity index (χ0) is 12.5. The second-order valence-corrected chi connectivity index (χ2v) is 6.28. The number of thiazole rings is 1. The molecule has 0 radical (unpaired) electrons. The van der Waals surface area contributed by atoms with Crippen LogP contribution in [0.25, 0.3) is 10.2 Å². The van der Waals surface area contributed by atoms with Crippen LogP contribution in [0, 0.1) is 5.41 Å². The van der Waals surface area contributed by atoms with Crippen LogP contribution >= 0.6 is 11.3 Å². The van der Waals surface area contributed by atoms with Crippen LogP contribution in [0.1, 0.15) is 25.8 Å². The van der Waals surface area contributed by atoms with Crippen LogP contribution in [0.2, 0.25) is 0 Å². The van der Waals surface area contributed by atoms with Gasteiger partial charge in [0.05, 0.1) is 10.2 Å². The Morgan fingerprint density at radius 2 is 2.12 bits per heavy atom. The van der Waals surface area contributed by atoms with E-state index in [1.807, 2.05) is 6.07 Å². The molecule has 0 spiro atoms. The molecule has 4 heteroatoms. The number of rotatable bonds is 4. The third-order valence-corrected chi connectivity index (χ3v) is 3.96. The summed E-state index contributed by atoms with van der Waals surface area (Å²) >= 11 is 1.55. The maximum absolute atomic E-state index is 5.74. The predicted molar refractivity (Wildman–Crippen MR) is 75.2 cm³/mol. The van der Waals surface area contributed by atoms with E-state index in [0.29, 0.717) is 5.13 Å². The van der Waals surface area contributed by atoms with E-state index >= 15 is 0 Å². The molecule has 4 N–H and O–H groups in total. The minimum absolute atomic E-state index is 0.210. The minimum atomic E-state index is 0.210. The zero-order valence-electron chi connectivity index (χ0n) is 10.4. The van der Waals surface area contributed by atoms with Crippen LogP contribution in [0.15, 0.2) is 18.2 Å². The Labute approximate surface area is 106 Å². The molecular formula is C13H19N3S. The minimum Gasteiger partial charge on any atom is -0.375 e. The molecule has 1 aromatic heterocycles. The van der Waals surface area contributed by atoms with E-state index in [2.05, 4.69) is 31.0 Å². The largest absolute Gasteiger partial charge is 0.375 e. The van der Waals surface area contributed by atoms with E-state index in [-0.39, 0.29) is 5.41 Å². The molecule has 0 saturated heterocycles. The summed E-state index contributed by atoms with van der Waals surface area (Å²) in [5, 5.41) is 0.638. The molecule has 0 aliphatic rings. The summed E-state index contributed by atoms with van der Waals surface area (Å²) in [5.74, 6) is 0. The van der Waals surface area contributed by atoms with Gasteiger partial charge >= 0.3 is 0 Å². The molecular weight excluding hydrogens is 230 g/mol. The lowest BCUT2D eigenvalue weighted by atomic mass is 9.86. The zero-order valence-corrected chi connectivity index (χ0v) is 11.2. The highest BCUT2D eigenvalue weighted by Crippen LogP contribution is 2.27. The topological polar surface area (TPSA) is 64.9 Å². The smallest absolute Gasteiger partial charge is 0.181 e. The van der Waals surface area contributed by atoms with Crippen molar-refractivity contribution in [2.24, 2.45) is 11.1 Å². The Morgan fingerprint density at radius 1 is 1.35 bits per heavy atom. The number of aromatic nitrogens is 1. The molecule has 0 atom stereocenters. The summed E-state index contributed by atoms with van der Waals surface area (Å²) in [6.07, 6.45) is 2.15.